The third kappa shape index (κ3) is 4.14. The molecule has 0 saturated carbocycles. The Balaban J connectivity index is 2.60. The summed E-state index contributed by atoms with van der Waals surface area (Å²) in [6, 6.07) is 5.43. The van der Waals surface area contributed by atoms with Crippen molar-refractivity contribution in [1.82, 2.24) is 0 Å². The molecule has 0 radical (unpaired) electrons. The lowest BCUT2D eigenvalue weighted by Crippen LogP contribution is -2.06. The molecule has 15 heavy (non-hydrogen) atoms. The lowest BCUT2D eigenvalue weighted by molar-refractivity contribution is 0.269. The summed E-state index contributed by atoms with van der Waals surface area (Å²) in [5.74, 6) is 0.846. The minimum atomic E-state index is -0.0118. The van der Waals surface area contributed by atoms with E-state index in [1.807, 2.05) is 26.0 Å². The largest absolute Gasteiger partial charge is 0.317 e. The number of hydrogen-bond donors (Lipinski definition) is 1. The summed E-state index contributed by atoms with van der Waals surface area (Å²) < 4.78 is 0. The fourth-order valence-electron chi connectivity index (χ4n) is 1.11. The third-order valence-corrected chi connectivity index (χ3v) is 3.07. The maximum atomic E-state index is 11.4. The van der Waals surface area contributed by atoms with Crippen LogP contribution in [0.2, 0.25) is 5.02 Å². The molecule has 0 aliphatic heterocycles. The van der Waals surface area contributed by atoms with Crippen molar-refractivity contribution in [3.8, 4) is 0 Å². The van der Waals surface area contributed by atoms with E-state index < -0.39 is 0 Å². The summed E-state index contributed by atoms with van der Waals surface area (Å²) in [6.45, 7) is 3.97. The topological polar surface area (TPSA) is 29.1 Å². The minimum absolute atomic E-state index is 0.0118. The molecule has 0 atom stereocenters. The summed E-state index contributed by atoms with van der Waals surface area (Å²) in [7, 11) is 0. The molecule has 2 nitrogen and oxygen atoms in total. The quantitative estimate of drug-likeness (QED) is 0.857. The number of anilines is 1. The number of nitrogens with one attached hydrogen (secondary N) is 1. The minimum Gasteiger partial charge on any atom is -0.317 e. The Morgan fingerprint density at radius 3 is 2.87 bits per heavy atom. The fourth-order valence-corrected chi connectivity index (χ4v) is 1.91. The zero-order valence-corrected chi connectivity index (χ0v) is 10.4. The van der Waals surface area contributed by atoms with E-state index in [4.69, 9.17) is 11.6 Å². The van der Waals surface area contributed by atoms with Gasteiger partial charge in [0.1, 0.15) is 0 Å². The molecule has 1 aromatic rings. The van der Waals surface area contributed by atoms with Gasteiger partial charge in [0.05, 0.1) is 0 Å². The average molecular weight is 244 g/mol. The van der Waals surface area contributed by atoms with Gasteiger partial charge in [-0.25, -0.2) is 0 Å². The van der Waals surface area contributed by atoms with Crippen molar-refractivity contribution in [1.29, 1.82) is 0 Å². The number of carbonyl (C=O) groups is 1. The molecule has 0 aliphatic rings. The number of rotatable bonds is 3. The van der Waals surface area contributed by atoms with Crippen molar-refractivity contribution < 1.29 is 4.79 Å². The Labute approximate surface area is 99.4 Å². The molecule has 0 fully saturated rings. The van der Waals surface area contributed by atoms with Gasteiger partial charge in [-0.3, -0.25) is 4.79 Å². The van der Waals surface area contributed by atoms with Crippen LogP contribution in [-0.2, 0) is 0 Å². The van der Waals surface area contributed by atoms with Gasteiger partial charge in [0.15, 0.2) is 0 Å². The number of thioether (sulfide) groups is 1. The molecular weight excluding hydrogens is 230 g/mol. The fraction of sp³-hybridized carbons (Fsp3) is 0.364. The van der Waals surface area contributed by atoms with E-state index in [-0.39, 0.29) is 5.24 Å². The number of carbonyl (C=O) groups excluding carboxylic acids is 1. The second kappa shape index (κ2) is 6.03. The summed E-state index contributed by atoms with van der Waals surface area (Å²) in [5.41, 5.74) is 1.81. The van der Waals surface area contributed by atoms with Gasteiger partial charge in [-0.1, -0.05) is 30.3 Å². The second-order valence-corrected chi connectivity index (χ2v) is 4.72. The van der Waals surface area contributed by atoms with Crippen LogP contribution in [0.25, 0.3) is 0 Å². The van der Waals surface area contributed by atoms with Crippen molar-refractivity contribution >= 4 is 34.3 Å². The monoisotopic (exact) mass is 243 g/mol. The molecule has 1 aromatic carbocycles. The van der Waals surface area contributed by atoms with E-state index in [1.165, 1.54) is 11.8 Å². The Kier molecular flexibility index (Phi) is 4.99. The van der Waals surface area contributed by atoms with E-state index >= 15 is 0 Å². The molecule has 82 valence electrons. The Bertz CT molecular complexity index is 354. The number of halogens is 1. The van der Waals surface area contributed by atoms with Crippen molar-refractivity contribution in [3.63, 3.8) is 0 Å². The summed E-state index contributed by atoms with van der Waals surface area (Å²) in [5, 5.41) is 3.51. The van der Waals surface area contributed by atoms with Gasteiger partial charge < -0.3 is 5.32 Å². The maximum absolute atomic E-state index is 11.4. The first-order chi connectivity index (χ1) is 7.13. The van der Waals surface area contributed by atoms with Crippen LogP contribution >= 0.6 is 23.4 Å². The summed E-state index contributed by atoms with van der Waals surface area (Å²) >= 11 is 7.12. The van der Waals surface area contributed by atoms with Crippen LogP contribution in [0.3, 0.4) is 0 Å². The zero-order valence-electron chi connectivity index (χ0n) is 8.84. The van der Waals surface area contributed by atoms with Crippen molar-refractivity contribution in [3.05, 3.63) is 28.8 Å². The highest BCUT2D eigenvalue weighted by Gasteiger charge is 2.04. The van der Waals surface area contributed by atoms with Crippen LogP contribution in [0.1, 0.15) is 18.9 Å². The first-order valence-electron chi connectivity index (χ1n) is 4.83. The number of aryl methyl sites for hydroxylation is 1. The number of amides is 1. The molecule has 0 aromatic heterocycles. The summed E-state index contributed by atoms with van der Waals surface area (Å²) in [4.78, 5) is 11.4. The molecule has 0 heterocycles. The Hall–Kier alpha value is -0.670. The molecule has 0 aliphatic carbocycles. The lowest BCUT2D eigenvalue weighted by Gasteiger charge is -2.07. The highest BCUT2D eigenvalue weighted by atomic mass is 35.5. The highest BCUT2D eigenvalue weighted by molar-refractivity contribution is 8.13. The predicted octanol–water partition coefficient (Wildman–Crippen LogP) is 4.32. The Morgan fingerprint density at radius 2 is 2.27 bits per heavy atom. The number of hydrogen-bond acceptors (Lipinski definition) is 2. The van der Waals surface area contributed by atoms with E-state index in [2.05, 4.69) is 5.32 Å². The molecular formula is C11H14ClNOS. The number of benzene rings is 1. The molecule has 4 heteroatoms. The molecule has 0 unspecified atom stereocenters. The second-order valence-electron chi connectivity index (χ2n) is 3.22. The molecule has 0 saturated heterocycles. The normalized spacial score (nSPS) is 10.1. The van der Waals surface area contributed by atoms with Gasteiger partial charge >= 0.3 is 0 Å². The molecule has 1 amide bonds. The van der Waals surface area contributed by atoms with E-state index in [9.17, 15) is 4.79 Å². The Morgan fingerprint density at radius 1 is 1.53 bits per heavy atom. The van der Waals surface area contributed by atoms with Gasteiger partial charge in [0.25, 0.3) is 5.24 Å². The first kappa shape index (κ1) is 12.4. The zero-order chi connectivity index (χ0) is 11.3. The van der Waals surface area contributed by atoms with Gasteiger partial charge in [-0.15, -0.1) is 0 Å². The van der Waals surface area contributed by atoms with E-state index in [0.717, 1.165) is 23.4 Å². The standard InChI is InChI=1S/C11H14ClNOS/c1-3-6-15-11(14)13-10-5-4-9(12)7-8(10)2/h4-5,7H,3,6H2,1-2H3,(H,13,14). The van der Waals surface area contributed by atoms with Crippen molar-refractivity contribution in [2.24, 2.45) is 0 Å². The predicted molar refractivity (Wildman–Crippen MR) is 68.0 cm³/mol. The van der Waals surface area contributed by atoms with Crippen LogP contribution in [0, 0.1) is 6.92 Å². The molecule has 0 spiro atoms. The molecule has 1 N–H and O–H groups in total. The van der Waals surface area contributed by atoms with Crippen LogP contribution in [0.4, 0.5) is 10.5 Å². The van der Waals surface area contributed by atoms with E-state index in [1.54, 1.807) is 6.07 Å². The van der Waals surface area contributed by atoms with Crippen LogP contribution in [-0.4, -0.2) is 11.0 Å². The van der Waals surface area contributed by atoms with Crippen molar-refractivity contribution in [2.45, 2.75) is 20.3 Å². The van der Waals surface area contributed by atoms with Crippen LogP contribution in [0.5, 0.6) is 0 Å². The third-order valence-electron chi connectivity index (χ3n) is 1.86. The van der Waals surface area contributed by atoms with Gasteiger partial charge in [0.2, 0.25) is 0 Å². The van der Waals surface area contributed by atoms with Crippen molar-refractivity contribution in [2.75, 3.05) is 11.1 Å². The maximum Gasteiger partial charge on any atom is 0.283 e. The average Bonchev–Trinajstić information content (AvgIpc) is 2.19. The van der Waals surface area contributed by atoms with Gasteiger partial charge in [0, 0.05) is 16.5 Å². The molecule has 1 rings (SSSR count). The summed E-state index contributed by atoms with van der Waals surface area (Å²) in [6.07, 6.45) is 0.998. The van der Waals surface area contributed by atoms with E-state index in [0.29, 0.717) is 5.02 Å². The van der Waals surface area contributed by atoms with Crippen LogP contribution in [0.15, 0.2) is 18.2 Å². The van der Waals surface area contributed by atoms with Gasteiger partial charge in [-0.05, 0) is 37.1 Å². The smallest absolute Gasteiger partial charge is 0.283 e. The molecule has 0 bridgehead atoms. The SMILES string of the molecule is CCCSC(=O)Nc1ccc(Cl)cc1C. The first-order valence-corrected chi connectivity index (χ1v) is 6.19. The van der Waals surface area contributed by atoms with Crippen LogP contribution < -0.4 is 5.32 Å². The van der Waals surface area contributed by atoms with Gasteiger partial charge in [-0.2, -0.15) is 0 Å². The lowest BCUT2D eigenvalue weighted by atomic mass is 10.2. The highest BCUT2D eigenvalue weighted by Crippen LogP contribution is 2.21.